The molecule has 6 nitrogen and oxygen atoms in total. The van der Waals surface area contributed by atoms with Gasteiger partial charge < -0.3 is 9.80 Å². The van der Waals surface area contributed by atoms with Crippen LogP contribution in [-0.4, -0.2) is 70.6 Å². The molecular weight excluding hydrogens is 410 g/mol. The molecule has 3 aromatic rings. The van der Waals surface area contributed by atoms with Crippen LogP contribution in [0.3, 0.4) is 0 Å². The van der Waals surface area contributed by atoms with Crippen LogP contribution in [0.1, 0.15) is 38.2 Å². The van der Waals surface area contributed by atoms with E-state index in [2.05, 4.69) is 76.2 Å². The maximum atomic E-state index is 12.4. The van der Waals surface area contributed by atoms with Gasteiger partial charge in [0.25, 0.3) is 0 Å². The number of carbonyl (C=O) groups is 1. The number of rotatable bonds is 5. The number of benzene rings is 1. The Balaban J connectivity index is 1.18. The summed E-state index contributed by atoms with van der Waals surface area (Å²) in [5, 5.41) is 4.57. The van der Waals surface area contributed by atoms with Gasteiger partial charge in [-0.3, -0.25) is 9.69 Å². The van der Waals surface area contributed by atoms with Crippen molar-refractivity contribution in [3.63, 3.8) is 0 Å². The van der Waals surface area contributed by atoms with Gasteiger partial charge in [0.15, 0.2) is 0 Å². The minimum Gasteiger partial charge on any atom is -0.366 e. The normalized spacial score (nSPS) is 20.0. The summed E-state index contributed by atoms with van der Waals surface area (Å²) in [6.07, 6.45) is 6.17. The van der Waals surface area contributed by atoms with E-state index in [1.807, 2.05) is 10.7 Å². The summed E-state index contributed by atoms with van der Waals surface area (Å²) in [6, 6.07) is 14.1. The lowest BCUT2D eigenvalue weighted by Crippen LogP contribution is -2.49. The summed E-state index contributed by atoms with van der Waals surface area (Å²) < 4.78 is 1.99. The van der Waals surface area contributed by atoms with Gasteiger partial charge in [0, 0.05) is 75.1 Å². The van der Waals surface area contributed by atoms with Crippen molar-refractivity contribution in [2.75, 3.05) is 44.2 Å². The van der Waals surface area contributed by atoms with Crippen molar-refractivity contribution in [2.45, 2.75) is 38.6 Å². The second-order valence-electron chi connectivity index (χ2n) is 10.2. The molecule has 2 aliphatic heterocycles. The first-order valence-corrected chi connectivity index (χ1v) is 12.4. The number of aromatic nitrogens is 2. The third kappa shape index (κ3) is 3.90. The first kappa shape index (κ1) is 20.7. The minimum atomic E-state index is 0.308. The van der Waals surface area contributed by atoms with E-state index in [1.165, 1.54) is 35.5 Å². The SMILES string of the molecule is CC(C)N1CC(c2ccc(-c3cc4c(N5CCN(C(=O)C6CC6)CC5)ccnn4c3)cc2)C1. The van der Waals surface area contributed by atoms with Crippen LogP contribution in [0, 0.1) is 5.92 Å². The molecular formula is C27H33N5O. The van der Waals surface area contributed by atoms with Gasteiger partial charge in [0.1, 0.15) is 0 Å². The molecule has 1 saturated carbocycles. The molecule has 0 N–H and O–H groups in total. The molecule has 0 radical (unpaired) electrons. The fraction of sp³-hybridized carbons (Fsp3) is 0.481. The molecule has 3 fully saturated rings. The summed E-state index contributed by atoms with van der Waals surface area (Å²) in [5.41, 5.74) is 6.20. The maximum Gasteiger partial charge on any atom is 0.225 e. The van der Waals surface area contributed by atoms with Gasteiger partial charge in [0.2, 0.25) is 5.91 Å². The highest BCUT2D eigenvalue weighted by atomic mass is 16.2. The van der Waals surface area contributed by atoms with E-state index in [9.17, 15) is 4.79 Å². The quantitative estimate of drug-likeness (QED) is 0.601. The van der Waals surface area contributed by atoms with Crippen LogP contribution in [0.4, 0.5) is 5.69 Å². The van der Waals surface area contributed by atoms with Gasteiger partial charge in [-0.1, -0.05) is 24.3 Å². The summed E-state index contributed by atoms with van der Waals surface area (Å²) in [6.45, 7) is 10.3. The van der Waals surface area contributed by atoms with Crippen molar-refractivity contribution in [3.8, 4) is 11.1 Å². The van der Waals surface area contributed by atoms with Crippen LogP contribution in [0.5, 0.6) is 0 Å². The largest absolute Gasteiger partial charge is 0.366 e. The van der Waals surface area contributed by atoms with Crippen LogP contribution in [-0.2, 0) is 4.79 Å². The van der Waals surface area contributed by atoms with Gasteiger partial charge in [-0.15, -0.1) is 0 Å². The first-order chi connectivity index (χ1) is 16.1. The third-order valence-corrected chi connectivity index (χ3v) is 7.70. The molecule has 6 rings (SSSR count). The molecule has 172 valence electrons. The number of likely N-dealkylation sites (tertiary alicyclic amines) is 1. The summed E-state index contributed by atoms with van der Waals surface area (Å²) in [7, 11) is 0. The second-order valence-corrected chi connectivity index (χ2v) is 10.2. The molecule has 4 heterocycles. The zero-order chi connectivity index (χ0) is 22.5. The molecule has 0 bridgehead atoms. The lowest BCUT2D eigenvalue weighted by molar-refractivity contribution is -0.132. The Labute approximate surface area is 195 Å². The number of anilines is 1. The van der Waals surface area contributed by atoms with Crippen LogP contribution in [0.15, 0.2) is 48.8 Å². The molecule has 6 heteroatoms. The lowest BCUT2D eigenvalue weighted by atomic mass is 9.89. The lowest BCUT2D eigenvalue weighted by Gasteiger charge is -2.42. The van der Waals surface area contributed by atoms with Gasteiger partial charge in [0.05, 0.1) is 11.2 Å². The molecule has 1 amide bonds. The standard InChI is InChI=1S/C27H33N5O/c1-19(2)31-16-24(17-31)21-5-3-20(4-6-21)23-15-26-25(9-10-28-32(26)18-23)29-11-13-30(14-12-29)27(33)22-7-8-22/h3-6,9-10,15,18-19,22,24H,7-8,11-14,16-17H2,1-2H3. The maximum absolute atomic E-state index is 12.4. The number of nitrogens with zero attached hydrogens (tertiary/aromatic N) is 5. The molecule has 1 aliphatic carbocycles. The summed E-state index contributed by atoms with van der Waals surface area (Å²) in [5.74, 6) is 1.33. The Morgan fingerprint density at radius 2 is 1.70 bits per heavy atom. The van der Waals surface area contributed by atoms with E-state index >= 15 is 0 Å². The zero-order valence-corrected chi connectivity index (χ0v) is 19.7. The summed E-state index contributed by atoms with van der Waals surface area (Å²) in [4.78, 5) is 19.4. The van der Waals surface area contributed by atoms with E-state index in [1.54, 1.807) is 0 Å². The summed E-state index contributed by atoms with van der Waals surface area (Å²) >= 11 is 0. The highest BCUT2D eigenvalue weighted by molar-refractivity contribution is 5.82. The Morgan fingerprint density at radius 3 is 2.36 bits per heavy atom. The number of piperazine rings is 1. The van der Waals surface area contributed by atoms with Gasteiger partial charge >= 0.3 is 0 Å². The molecule has 2 aromatic heterocycles. The Hall–Kier alpha value is -2.86. The number of hydrogen-bond acceptors (Lipinski definition) is 4. The van der Waals surface area contributed by atoms with Crippen molar-refractivity contribution < 1.29 is 4.79 Å². The molecule has 0 unspecified atom stereocenters. The monoisotopic (exact) mass is 443 g/mol. The number of hydrogen-bond donors (Lipinski definition) is 0. The average molecular weight is 444 g/mol. The smallest absolute Gasteiger partial charge is 0.225 e. The van der Waals surface area contributed by atoms with Crippen molar-refractivity contribution in [1.29, 1.82) is 0 Å². The fourth-order valence-electron chi connectivity index (χ4n) is 5.27. The first-order valence-electron chi connectivity index (χ1n) is 12.4. The second kappa shape index (κ2) is 8.17. The average Bonchev–Trinajstić information content (AvgIpc) is 3.56. The van der Waals surface area contributed by atoms with Crippen molar-refractivity contribution in [3.05, 3.63) is 54.4 Å². The van der Waals surface area contributed by atoms with Crippen molar-refractivity contribution in [2.24, 2.45) is 5.92 Å². The van der Waals surface area contributed by atoms with E-state index in [0.717, 1.165) is 44.5 Å². The Morgan fingerprint density at radius 1 is 0.970 bits per heavy atom. The Bertz CT molecular complexity index is 1150. The van der Waals surface area contributed by atoms with Crippen LogP contribution >= 0.6 is 0 Å². The molecule has 3 aliphatic rings. The van der Waals surface area contributed by atoms with E-state index in [4.69, 9.17) is 0 Å². The van der Waals surface area contributed by atoms with E-state index < -0.39 is 0 Å². The molecule has 1 aromatic carbocycles. The van der Waals surface area contributed by atoms with E-state index in [-0.39, 0.29) is 0 Å². The molecule has 2 saturated heterocycles. The zero-order valence-electron chi connectivity index (χ0n) is 19.7. The van der Waals surface area contributed by atoms with Crippen LogP contribution < -0.4 is 4.90 Å². The van der Waals surface area contributed by atoms with Crippen molar-refractivity contribution in [1.82, 2.24) is 19.4 Å². The van der Waals surface area contributed by atoms with Gasteiger partial charge in [-0.25, -0.2) is 4.52 Å². The van der Waals surface area contributed by atoms with Crippen LogP contribution in [0.25, 0.3) is 16.6 Å². The van der Waals surface area contributed by atoms with E-state index in [0.29, 0.717) is 23.8 Å². The molecule has 0 atom stereocenters. The van der Waals surface area contributed by atoms with Crippen LogP contribution in [0.2, 0.25) is 0 Å². The highest BCUT2D eigenvalue weighted by Crippen LogP contribution is 2.34. The predicted octanol–water partition coefficient (Wildman–Crippen LogP) is 3.87. The number of amides is 1. The molecule has 0 spiro atoms. The fourth-order valence-corrected chi connectivity index (χ4v) is 5.27. The predicted molar refractivity (Wildman–Crippen MR) is 132 cm³/mol. The number of fused-ring (bicyclic) bond motifs is 1. The number of carbonyl (C=O) groups excluding carboxylic acids is 1. The third-order valence-electron chi connectivity index (χ3n) is 7.70. The Kier molecular flexibility index (Phi) is 5.13. The van der Waals surface area contributed by atoms with Crippen molar-refractivity contribution >= 4 is 17.1 Å². The topological polar surface area (TPSA) is 44.1 Å². The molecule has 33 heavy (non-hydrogen) atoms. The highest BCUT2D eigenvalue weighted by Gasteiger charge is 2.35. The van der Waals surface area contributed by atoms with Gasteiger partial charge in [-0.05, 0) is 49.9 Å². The minimum absolute atomic E-state index is 0.308. The van der Waals surface area contributed by atoms with Gasteiger partial charge in [-0.2, -0.15) is 5.10 Å².